The first-order valence-corrected chi connectivity index (χ1v) is 7.59. The summed E-state index contributed by atoms with van der Waals surface area (Å²) >= 11 is 4.89. The highest BCUT2D eigenvalue weighted by Gasteiger charge is 2.27. The summed E-state index contributed by atoms with van der Waals surface area (Å²) in [5.74, 6) is 0.699. The minimum Gasteiger partial charge on any atom is -0.484 e. The van der Waals surface area contributed by atoms with E-state index in [0.717, 1.165) is 31.5 Å². The normalized spacial score (nSPS) is 17.3. The number of nitrogens with zero attached hydrogens (tertiary/aromatic N) is 1. The molecule has 0 aliphatic carbocycles. The van der Waals surface area contributed by atoms with Crippen LogP contribution in [0.2, 0.25) is 0 Å². The quantitative estimate of drug-likeness (QED) is 0.868. The van der Waals surface area contributed by atoms with Gasteiger partial charge in [-0.3, -0.25) is 4.79 Å². The van der Waals surface area contributed by atoms with Gasteiger partial charge in [-0.05, 0) is 42.5 Å². The molecule has 0 spiro atoms. The zero-order valence-corrected chi connectivity index (χ0v) is 13.4. The molecule has 114 valence electrons. The highest BCUT2D eigenvalue weighted by Crippen LogP contribution is 2.29. The second-order valence-electron chi connectivity index (χ2n) is 6.22. The van der Waals surface area contributed by atoms with Crippen molar-refractivity contribution in [2.24, 2.45) is 11.1 Å². The molecule has 0 unspecified atom stereocenters. The zero-order valence-electron chi connectivity index (χ0n) is 12.6. The summed E-state index contributed by atoms with van der Waals surface area (Å²) in [6.07, 6.45) is 2.09. The third-order valence-electron chi connectivity index (χ3n) is 3.97. The number of amides is 1. The molecule has 1 aliphatic rings. The fourth-order valence-electron chi connectivity index (χ4n) is 2.31. The molecule has 1 fully saturated rings. The molecular weight excluding hydrogens is 284 g/mol. The minimum atomic E-state index is 0.0453. The number of nitrogens with two attached hydrogens (primary N) is 1. The van der Waals surface area contributed by atoms with Crippen molar-refractivity contribution in [2.75, 3.05) is 19.7 Å². The van der Waals surface area contributed by atoms with E-state index in [9.17, 15) is 4.79 Å². The number of hydrogen-bond donors (Lipinski definition) is 1. The van der Waals surface area contributed by atoms with Crippen molar-refractivity contribution < 1.29 is 9.53 Å². The Hall–Kier alpha value is -1.62. The number of carbonyl (C=O) groups is 1. The molecule has 4 nitrogen and oxygen atoms in total. The molecule has 0 aromatic heterocycles. The number of carbonyl (C=O) groups excluding carboxylic acids is 1. The van der Waals surface area contributed by atoms with E-state index < -0.39 is 0 Å². The lowest BCUT2D eigenvalue weighted by molar-refractivity contribution is -0.135. The van der Waals surface area contributed by atoms with Gasteiger partial charge in [0.2, 0.25) is 0 Å². The van der Waals surface area contributed by atoms with E-state index in [1.807, 2.05) is 4.90 Å². The Bertz CT molecular complexity index is 516. The van der Waals surface area contributed by atoms with Crippen molar-refractivity contribution >= 4 is 23.1 Å². The van der Waals surface area contributed by atoms with Gasteiger partial charge in [0.15, 0.2) is 6.61 Å². The van der Waals surface area contributed by atoms with Crippen molar-refractivity contribution in [3.8, 4) is 5.75 Å². The van der Waals surface area contributed by atoms with Crippen LogP contribution in [0, 0.1) is 5.41 Å². The van der Waals surface area contributed by atoms with Gasteiger partial charge in [0.25, 0.3) is 5.91 Å². The van der Waals surface area contributed by atoms with Crippen LogP contribution >= 0.6 is 12.2 Å². The number of ether oxygens (including phenoxy) is 1. The SMILES string of the molecule is CC1(C)CCN(C(=O)COc2ccc(C(N)=S)cc2)CC1. The molecule has 0 bridgehead atoms. The van der Waals surface area contributed by atoms with Crippen LogP contribution in [0.25, 0.3) is 0 Å². The maximum absolute atomic E-state index is 12.1. The van der Waals surface area contributed by atoms with Crippen LogP contribution in [-0.2, 0) is 4.79 Å². The van der Waals surface area contributed by atoms with E-state index in [4.69, 9.17) is 22.7 Å². The van der Waals surface area contributed by atoms with E-state index >= 15 is 0 Å². The van der Waals surface area contributed by atoms with Crippen molar-refractivity contribution in [1.29, 1.82) is 0 Å². The van der Waals surface area contributed by atoms with Crippen LogP contribution in [0.4, 0.5) is 0 Å². The third-order valence-corrected chi connectivity index (χ3v) is 4.21. The van der Waals surface area contributed by atoms with Gasteiger partial charge >= 0.3 is 0 Å². The summed E-state index contributed by atoms with van der Waals surface area (Å²) in [4.78, 5) is 14.4. The Morgan fingerprint density at radius 1 is 1.29 bits per heavy atom. The van der Waals surface area contributed by atoms with Crippen molar-refractivity contribution in [1.82, 2.24) is 4.90 Å². The number of benzene rings is 1. The van der Waals surface area contributed by atoms with E-state index in [2.05, 4.69) is 13.8 Å². The Labute approximate surface area is 131 Å². The molecule has 1 amide bonds. The smallest absolute Gasteiger partial charge is 0.260 e. The minimum absolute atomic E-state index is 0.0453. The molecular formula is C16H22N2O2S. The fraction of sp³-hybridized carbons (Fsp3) is 0.500. The summed E-state index contributed by atoms with van der Waals surface area (Å²) in [5, 5.41) is 0. The van der Waals surface area contributed by atoms with E-state index in [1.165, 1.54) is 0 Å². The first-order valence-electron chi connectivity index (χ1n) is 7.18. The second kappa shape index (κ2) is 6.43. The molecule has 5 heteroatoms. The lowest BCUT2D eigenvalue weighted by Gasteiger charge is -2.36. The summed E-state index contributed by atoms with van der Waals surface area (Å²) in [7, 11) is 0. The van der Waals surface area contributed by atoms with Crippen LogP contribution in [0.3, 0.4) is 0 Å². The molecule has 2 rings (SSSR count). The molecule has 1 aromatic rings. The maximum atomic E-state index is 12.1. The summed E-state index contributed by atoms with van der Waals surface area (Å²) < 4.78 is 5.53. The largest absolute Gasteiger partial charge is 0.484 e. The number of piperidine rings is 1. The van der Waals surface area contributed by atoms with Gasteiger partial charge in [0, 0.05) is 18.7 Å². The van der Waals surface area contributed by atoms with Crippen LogP contribution in [-0.4, -0.2) is 35.5 Å². The molecule has 2 N–H and O–H groups in total. The van der Waals surface area contributed by atoms with Crippen molar-refractivity contribution in [3.05, 3.63) is 29.8 Å². The average molecular weight is 306 g/mol. The Kier molecular flexibility index (Phi) is 4.83. The number of rotatable bonds is 4. The fourth-order valence-corrected chi connectivity index (χ4v) is 2.45. The lowest BCUT2D eigenvalue weighted by atomic mass is 9.83. The third kappa shape index (κ3) is 4.43. The summed E-state index contributed by atoms with van der Waals surface area (Å²) in [6.45, 7) is 6.20. The highest BCUT2D eigenvalue weighted by atomic mass is 32.1. The molecule has 0 atom stereocenters. The van der Waals surface area contributed by atoms with E-state index in [0.29, 0.717) is 16.2 Å². The average Bonchev–Trinajstić information content (AvgIpc) is 2.45. The molecule has 1 saturated heterocycles. The van der Waals surface area contributed by atoms with Gasteiger partial charge in [-0.1, -0.05) is 26.1 Å². The highest BCUT2D eigenvalue weighted by molar-refractivity contribution is 7.80. The van der Waals surface area contributed by atoms with E-state index in [-0.39, 0.29) is 12.5 Å². The topological polar surface area (TPSA) is 55.6 Å². The number of likely N-dealkylation sites (tertiary alicyclic amines) is 1. The lowest BCUT2D eigenvalue weighted by Crippen LogP contribution is -2.43. The molecule has 1 aromatic carbocycles. The van der Waals surface area contributed by atoms with Gasteiger partial charge in [-0.25, -0.2) is 0 Å². The van der Waals surface area contributed by atoms with Gasteiger partial charge in [0.1, 0.15) is 10.7 Å². The molecule has 21 heavy (non-hydrogen) atoms. The number of thiocarbonyl (C=S) groups is 1. The van der Waals surface area contributed by atoms with Gasteiger partial charge < -0.3 is 15.4 Å². The summed E-state index contributed by atoms with van der Waals surface area (Å²) in [5.41, 5.74) is 6.67. The zero-order chi connectivity index (χ0) is 15.5. The summed E-state index contributed by atoms with van der Waals surface area (Å²) in [6, 6.07) is 7.15. The predicted octanol–water partition coefficient (Wildman–Crippen LogP) is 2.35. The van der Waals surface area contributed by atoms with Gasteiger partial charge in [0.05, 0.1) is 0 Å². The Morgan fingerprint density at radius 2 is 1.86 bits per heavy atom. The first-order chi connectivity index (χ1) is 9.87. The van der Waals surface area contributed by atoms with Crippen molar-refractivity contribution in [3.63, 3.8) is 0 Å². The van der Waals surface area contributed by atoms with Crippen LogP contribution < -0.4 is 10.5 Å². The standard InChI is InChI=1S/C16H22N2O2S/c1-16(2)7-9-18(10-8-16)14(19)11-20-13-5-3-12(4-6-13)15(17)21/h3-6H,7-11H2,1-2H3,(H2,17,21). The van der Waals surface area contributed by atoms with Crippen molar-refractivity contribution in [2.45, 2.75) is 26.7 Å². The van der Waals surface area contributed by atoms with Crippen LogP contribution in [0.1, 0.15) is 32.3 Å². The first kappa shape index (κ1) is 15.8. The molecule has 0 saturated carbocycles. The maximum Gasteiger partial charge on any atom is 0.260 e. The Morgan fingerprint density at radius 3 is 2.38 bits per heavy atom. The van der Waals surface area contributed by atoms with E-state index in [1.54, 1.807) is 24.3 Å². The molecule has 1 heterocycles. The number of hydrogen-bond acceptors (Lipinski definition) is 3. The van der Waals surface area contributed by atoms with Crippen LogP contribution in [0.15, 0.2) is 24.3 Å². The predicted molar refractivity (Wildman–Crippen MR) is 87.4 cm³/mol. The molecule has 0 radical (unpaired) electrons. The molecule has 1 aliphatic heterocycles. The second-order valence-corrected chi connectivity index (χ2v) is 6.66. The Balaban J connectivity index is 1.82. The monoisotopic (exact) mass is 306 g/mol. The van der Waals surface area contributed by atoms with Crippen LogP contribution in [0.5, 0.6) is 5.75 Å². The van der Waals surface area contributed by atoms with Gasteiger partial charge in [-0.2, -0.15) is 0 Å². The van der Waals surface area contributed by atoms with Gasteiger partial charge in [-0.15, -0.1) is 0 Å².